The van der Waals surface area contributed by atoms with Crippen molar-refractivity contribution in [3.8, 4) is 5.75 Å². The number of ether oxygens (including phenoxy) is 1. The van der Waals surface area contributed by atoms with Crippen LogP contribution in [0.3, 0.4) is 0 Å². The molecule has 6 nitrogen and oxygen atoms in total. The Labute approximate surface area is 183 Å². The lowest BCUT2D eigenvalue weighted by Gasteiger charge is -2.34. The predicted octanol–water partition coefficient (Wildman–Crippen LogP) is 3.31. The first-order valence-corrected chi connectivity index (χ1v) is 11.0. The van der Waals surface area contributed by atoms with E-state index in [0.29, 0.717) is 31.8 Å². The number of amides is 1. The van der Waals surface area contributed by atoms with Gasteiger partial charge in [0, 0.05) is 37.1 Å². The summed E-state index contributed by atoms with van der Waals surface area (Å²) in [6.07, 6.45) is 1.77. The summed E-state index contributed by atoms with van der Waals surface area (Å²) < 4.78 is 24.1. The van der Waals surface area contributed by atoms with E-state index in [2.05, 4.69) is 4.90 Å². The number of hydrogen-bond acceptors (Lipinski definition) is 6. The van der Waals surface area contributed by atoms with Crippen LogP contribution in [0.4, 0.5) is 4.39 Å². The van der Waals surface area contributed by atoms with E-state index in [4.69, 9.17) is 9.15 Å². The van der Waals surface area contributed by atoms with Crippen molar-refractivity contribution in [1.29, 1.82) is 0 Å². The lowest BCUT2D eigenvalue weighted by Crippen LogP contribution is -2.48. The number of thiophene rings is 1. The van der Waals surface area contributed by atoms with E-state index >= 15 is 0 Å². The number of halogens is 1. The minimum Gasteiger partial charge on any atom is -0.482 e. The summed E-state index contributed by atoms with van der Waals surface area (Å²) in [5, 5.41) is 1.98. The van der Waals surface area contributed by atoms with Gasteiger partial charge in [-0.2, -0.15) is 0 Å². The first-order chi connectivity index (χ1) is 15.1. The molecule has 31 heavy (non-hydrogen) atoms. The van der Waals surface area contributed by atoms with Crippen LogP contribution < -0.4 is 10.2 Å². The molecular formula is C23H23FN2O4S. The summed E-state index contributed by atoms with van der Waals surface area (Å²) >= 11 is 1.60. The zero-order valence-corrected chi connectivity index (χ0v) is 17.8. The molecule has 2 aromatic heterocycles. The van der Waals surface area contributed by atoms with Crippen molar-refractivity contribution in [2.45, 2.75) is 19.6 Å². The number of carbonyl (C=O) groups is 1. The van der Waals surface area contributed by atoms with Gasteiger partial charge in [-0.15, -0.1) is 11.3 Å². The fourth-order valence-corrected chi connectivity index (χ4v) is 4.11. The van der Waals surface area contributed by atoms with E-state index in [1.165, 1.54) is 24.5 Å². The molecule has 0 unspecified atom stereocenters. The van der Waals surface area contributed by atoms with Gasteiger partial charge in [-0.25, -0.2) is 4.39 Å². The molecular weight excluding hydrogens is 419 g/mol. The van der Waals surface area contributed by atoms with E-state index < -0.39 is 0 Å². The molecule has 1 aliphatic heterocycles. The first-order valence-electron chi connectivity index (χ1n) is 10.1. The van der Waals surface area contributed by atoms with Crippen LogP contribution in [-0.2, 0) is 24.4 Å². The highest BCUT2D eigenvalue weighted by atomic mass is 32.1. The number of rotatable bonds is 7. The highest BCUT2D eigenvalue weighted by molar-refractivity contribution is 7.10. The van der Waals surface area contributed by atoms with Crippen LogP contribution in [0.1, 0.15) is 16.2 Å². The second-order valence-corrected chi connectivity index (χ2v) is 8.44. The Balaban J connectivity index is 1.26. The number of nitrogens with zero attached hydrogens (tertiary/aromatic N) is 2. The quantitative estimate of drug-likeness (QED) is 0.562. The average Bonchev–Trinajstić information content (AvgIpc) is 3.28. The second kappa shape index (κ2) is 9.89. The molecule has 0 N–H and O–H groups in total. The minimum atomic E-state index is -0.319. The Hall–Kier alpha value is -2.97. The molecule has 0 bridgehead atoms. The second-order valence-electron chi connectivity index (χ2n) is 7.40. The van der Waals surface area contributed by atoms with Crippen LogP contribution in [0.2, 0.25) is 0 Å². The average molecular weight is 443 g/mol. The third kappa shape index (κ3) is 5.80. The van der Waals surface area contributed by atoms with Crippen molar-refractivity contribution in [3.05, 3.63) is 86.3 Å². The molecule has 1 amide bonds. The normalized spacial score (nSPS) is 14.5. The summed E-state index contributed by atoms with van der Waals surface area (Å²) in [6.45, 7) is 3.43. The summed E-state index contributed by atoms with van der Waals surface area (Å²) in [7, 11) is 0. The van der Waals surface area contributed by atoms with E-state index in [-0.39, 0.29) is 29.5 Å². The van der Waals surface area contributed by atoms with Crippen molar-refractivity contribution < 1.29 is 18.3 Å². The molecule has 4 rings (SSSR count). The maximum absolute atomic E-state index is 13.0. The lowest BCUT2D eigenvalue weighted by molar-refractivity contribution is -0.132. The van der Waals surface area contributed by atoms with Gasteiger partial charge in [0.05, 0.1) is 13.0 Å². The fraction of sp³-hybridized carbons (Fsp3) is 0.304. The summed E-state index contributed by atoms with van der Waals surface area (Å²) in [5.74, 6) is 0.506. The fourth-order valence-electron chi connectivity index (χ4n) is 3.42. The van der Waals surface area contributed by atoms with Crippen molar-refractivity contribution >= 4 is 17.2 Å². The Morgan fingerprint density at radius 3 is 2.58 bits per heavy atom. The van der Waals surface area contributed by atoms with Gasteiger partial charge in [0.1, 0.15) is 24.4 Å². The molecule has 0 radical (unpaired) electrons. The zero-order valence-electron chi connectivity index (χ0n) is 17.0. The SMILES string of the molecule is O=C(Cc1cccs1)N1CCN(Cc2cc(=O)c(OCc3ccc(F)cc3)co2)CC1. The zero-order chi connectivity index (χ0) is 21.6. The Morgan fingerprint density at radius 1 is 1.13 bits per heavy atom. The van der Waals surface area contributed by atoms with Gasteiger partial charge in [0.15, 0.2) is 0 Å². The maximum atomic E-state index is 13.0. The monoisotopic (exact) mass is 442 g/mol. The van der Waals surface area contributed by atoms with Crippen LogP contribution in [0, 0.1) is 5.82 Å². The standard InChI is InChI=1S/C23H23FN2O4S/c24-18-5-3-17(4-6-18)15-30-22-16-29-19(12-21(22)27)14-25-7-9-26(10-8-25)23(28)13-20-2-1-11-31-20/h1-6,11-12,16H,7-10,13-15H2. The van der Waals surface area contributed by atoms with Gasteiger partial charge in [-0.3, -0.25) is 14.5 Å². The highest BCUT2D eigenvalue weighted by Gasteiger charge is 2.22. The lowest BCUT2D eigenvalue weighted by atomic mass is 10.2. The summed E-state index contributed by atoms with van der Waals surface area (Å²) in [4.78, 5) is 29.9. The molecule has 1 aliphatic rings. The molecule has 0 atom stereocenters. The molecule has 1 fully saturated rings. The van der Waals surface area contributed by atoms with Gasteiger partial charge in [-0.05, 0) is 29.1 Å². The van der Waals surface area contributed by atoms with Crippen LogP contribution in [0.25, 0.3) is 0 Å². The Morgan fingerprint density at radius 2 is 1.90 bits per heavy atom. The number of piperazine rings is 1. The van der Waals surface area contributed by atoms with Crippen LogP contribution in [0.15, 0.2) is 63.3 Å². The Kier molecular flexibility index (Phi) is 6.79. The minimum absolute atomic E-state index is 0.122. The van der Waals surface area contributed by atoms with Gasteiger partial charge in [0.25, 0.3) is 0 Å². The van der Waals surface area contributed by atoms with Gasteiger partial charge in [-0.1, -0.05) is 18.2 Å². The molecule has 3 heterocycles. The number of hydrogen-bond donors (Lipinski definition) is 0. The molecule has 1 aromatic carbocycles. The largest absolute Gasteiger partial charge is 0.482 e. The van der Waals surface area contributed by atoms with Crippen LogP contribution in [-0.4, -0.2) is 41.9 Å². The van der Waals surface area contributed by atoms with Crippen molar-refractivity contribution in [2.75, 3.05) is 26.2 Å². The third-order valence-electron chi connectivity index (χ3n) is 5.17. The van der Waals surface area contributed by atoms with E-state index in [1.807, 2.05) is 22.4 Å². The summed E-state index contributed by atoms with van der Waals surface area (Å²) in [6, 6.07) is 11.3. The van der Waals surface area contributed by atoms with Gasteiger partial charge in [0.2, 0.25) is 17.1 Å². The molecule has 1 saturated heterocycles. The Bertz CT molecular complexity index is 1060. The van der Waals surface area contributed by atoms with Crippen LogP contribution >= 0.6 is 11.3 Å². The van der Waals surface area contributed by atoms with E-state index in [0.717, 1.165) is 23.5 Å². The molecule has 3 aromatic rings. The van der Waals surface area contributed by atoms with Crippen molar-refractivity contribution in [1.82, 2.24) is 9.80 Å². The molecule has 0 spiro atoms. The van der Waals surface area contributed by atoms with E-state index in [1.54, 1.807) is 23.5 Å². The maximum Gasteiger partial charge on any atom is 0.227 e. The molecule has 162 valence electrons. The summed E-state index contributed by atoms with van der Waals surface area (Å²) in [5.41, 5.74) is 0.504. The first kappa shape index (κ1) is 21.3. The topological polar surface area (TPSA) is 63.0 Å². The van der Waals surface area contributed by atoms with Crippen LogP contribution in [0.5, 0.6) is 5.75 Å². The van der Waals surface area contributed by atoms with Gasteiger partial charge < -0.3 is 14.1 Å². The number of benzene rings is 1. The molecule has 8 heteroatoms. The predicted molar refractivity (Wildman–Crippen MR) is 116 cm³/mol. The van der Waals surface area contributed by atoms with Gasteiger partial charge >= 0.3 is 0 Å². The van der Waals surface area contributed by atoms with E-state index in [9.17, 15) is 14.0 Å². The highest BCUT2D eigenvalue weighted by Crippen LogP contribution is 2.15. The molecule has 0 saturated carbocycles. The van der Waals surface area contributed by atoms with Crippen molar-refractivity contribution in [2.24, 2.45) is 0 Å². The molecule has 0 aliphatic carbocycles. The third-order valence-corrected chi connectivity index (χ3v) is 6.05. The van der Waals surface area contributed by atoms with Crippen molar-refractivity contribution in [3.63, 3.8) is 0 Å². The smallest absolute Gasteiger partial charge is 0.227 e. The number of carbonyl (C=O) groups excluding carboxylic acids is 1.